The van der Waals surface area contributed by atoms with Gasteiger partial charge in [-0.15, -0.1) is 0 Å². The Labute approximate surface area is 111 Å². The molecule has 1 aromatic heterocycles. The molecule has 0 saturated carbocycles. The van der Waals surface area contributed by atoms with Crippen molar-refractivity contribution in [1.82, 2.24) is 10.2 Å². The van der Waals surface area contributed by atoms with Crippen molar-refractivity contribution >= 4 is 21.2 Å². The number of hydrogen-bond donors (Lipinski definition) is 2. The smallest absolute Gasteiger partial charge is 0.175 e. The monoisotopic (exact) mass is 278 g/mol. The van der Waals surface area contributed by atoms with Crippen molar-refractivity contribution in [2.75, 3.05) is 17.3 Å². The van der Waals surface area contributed by atoms with Gasteiger partial charge in [0.2, 0.25) is 0 Å². The van der Waals surface area contributed by atoms with E-state index in [-0.39, 0.29) is 4.90 Å². The molecule has 7 heteroatoms. The summed E-state index contributed by atoms with van der Waals surface area (Å²) < 4.78 is 22.8. The predicted molar refractivity (Wildman–Crippen MR) is 73.3 cm³/mol. The lowest BCUT2D eigenvalue weighted by Gasteiger charge is -2.09. The lowest BCUT2D eigenvalue weighted by Crippen LogP contribution is -2.06. The van der Waals surface area contributed by atoms with Gasteiger partial charge in [-0.1, -0.05) is 0 Å². The van der Waals surface area contributed by atoms with Gasteiger partial charge < -0.3 is 11.1 Å². The van der Waals surface area contributed by atoms with Crippen LogP contribution >= 0.6 is 0 Å². The zero-order valence-electron chi connectivity index (χ0n) is 10.4. The van der Waals surface area contributed by atoms with Crippen LogP contribution in [-0.4, -0.2) is 24.9 Å². The van der Waals surface area contributed by atoms with Gasteiger partial charge in [0, 0.05) is 12.5 Å². The Morgan fingerprint density at radius 1 is 1.32 bits per heavy atom. The average Bonchev–Trinajstić information content (AvgIpc) is 2.37. The highest BCUT2D eigenvalue weighted by atomic mass is 32.2. The van der Waals surface area contributed by atoms with Crippen LogP contribution in [0.3, 0.4) is 0 Å². The first-order valence-electron chi connectivity index (χ1n) is 5.57. The molecule has 0 bridgehead atoms. The van der Waals surface area contributed by atoms with Gasteiger partial charge in [-0.3, -0.25) is 0 Å². The van der Waals surface area contributed by atoms with Crippen LogP contribution in [-0.2, 0) is 16.4 Å². The lowest BCUT2D eigenvalue weighted by atomic mass is 10.2. The number of nitrogen functional groups attached to an aromatic ring is 1. The molecule has 3 N–H and O–H groups in total. The number of hydrogen-bond acceptors (Lipinski definition) is 6. The number of nitrogens with zero attached hydrogens (tertiary/aromatic N) is 2. The summed E-state index contributed by atoms with van der Waals surface area (Å²) in [5.41, 5.74) is 7.64. The Kier molecular flexibility index (Phi) is 3.66. The van der Waals surface area contributed by atoms with Gasteiger partial charge in [-0.2, -0.15) is 10.2 Å². The van der Waals surface area contributed by atoms with Gasteiger partial charge in [0.1, 0.15) is 0 Å². The molecule has 6 nitrogen and oxygen atoms in total. The van der Waals surface area contributed by atoms with Gasteiger partial charge in [0.25, 0.3) is 0 Å². The summed E-state index contributed by atoms with van der Waals surface area (Å²) in [6.45, 7) is 0.469. The molecule has 0 radical (unpaired) electrons. The Bertz CT molecular complexity index is 671. The zero-order valence-corrected chi connectivity index (χ0v) is 11.2. The Balaban J connectivity index is 2.14. The molecule has 1 aromatic carbocycles. The van der Waals surface area contributed by atoms with Crippen LogP contribution in [0.1, 0.15) is 5.69 Å². The number of nitrogens with one attached hydrogen (secondary N) is 1. The molecular formula is C12H14N4O2S. The molecule has 19 heavy (non-hydrogen) atoms. The maximum atomic E-state index is 11.4. The molecule has 0 fully saturated rings. The second kappa shape index (κ2) is 5.23. The summed E-state index contributed by atoms with van der Waals surface area (Å²) in [4.78, 5) is 0.204. The van der Waals surface area contributed by atoms with Crippen molar-refractivity contribution in [3.63, 3.8) is 0 Å². The molecule has 0 saturated heterocycles. The fourth-order valence-corrected chi connectivity index (χ4v) is 2.20. The summed E-state index contributed by atoms with van der Waals surface area (Å²) in [5.74, 6) is 0. The highest BCUT2D eigenvalue weighted by Crippen LogP contribution is 2.22. The summed E-state index contributed by atoms with van der Waals surface area (Å²) in [5, 5.41) is 10.8. The van der Waals surface area contributed by atoms with Crippen molar-refractivity contribution in [3.8, 4) is 0 Å². The molecule has 2 rings (SSSR count). The first-order valence-corrected chi connectivity index (χ1v) is 7.46. The fraction of sp³-hybridized carbons (Fsp3) is 0.167. The Morgan fingerprint density at radius 3 is 2.68 bits per heavy atom. The van der Waals surface area contributed by atoms with Crippen molar-refractivity contribution in [1.29, 1.82) is 0 Å². The first-order chi connectivity index (χ1) is 8.97. The van der Waals surface area contributed by atoms with Gasteiger partial charge in [-0.05, 0) is 30.3 Å². The molecule has 0 atom stereocenters. The van der Waals surface area contributed by atoms with Crippen LogP contribution in [0.4, 0.5) is 11.4 Å². The van der Waals surface area contributed by atoms with Crippen LogP contribution in [0.5, 0.6) is 0 Å². The van der Waals surface area contributed by atoms with Crippen LogP contribution in [0, 0.1) is 0 Å². The third-order valence-electron chi connectivity index (χ3n) is 2.54. The Hall–Kier alpha value is -2.15. The summed E-state index contributed by atoms with van der Waals surface area (Å²) in [6, 6.07) is 8.22. The SMILES string of the molecule is CS(=O)(=O)c1ccc(NCc2cccnn2)c(N)c1. The van der Waals surface area contributed by atoms with E-state index in [4.69, 9.17) is 5.73 Å². The number of anilines is 2. The number of aromatic nitrogens is 2. The molecule has 1 heterocycles. The van der Waals surface area contributed by atoms with E-state index in [0.717, 1.165) is 11.9 Å². The highest BCUT2D eigenvalue weighted by Gasteiger charge is 2.09. The van der Waals surface area contributed by atoms with E-state index in [2.05, 4.69) is 15.5 Å². The molecule has 2 aromatic rings. The highest BCUT2D eigenvalue weighted by molar-refractivity contribution is 7.90. The molecule has 0 aliphatic heterocycles. The van der Waals surface area contributed by atoms with Crippen LogP contribution in [0.25, 0.3) is 0 Å². The van der Waals surface area contributed by atoms with Gasteiger partial charge >= 0.3 is 0 Å². The van der Waals surface area contributed by atoms with Crippen molar-refractivity contribution in [2.45, 2.75) is 11.4 Å². The number of rotatable bonds is 4. The normalized spacial score (nSPS) is 11.2. The van der Waals surface area contributed by atoms with E-state index in [9.17, 15) is 8.42 Å². The summed E-state index contributed by atoms with van der Waals surface area (Å²) >= 11 is 0. The zero-order chi connectivity index (χ0) is 13.9. The molecule has 0 aliphatic carbocycles. The number of sulfone groups is 1. The molecule has 100 valence electrons. The quantitative estimate of drug-likeness (QED) is 0.812. The second-order valence-corrected chi connectivity index (χ2v) is 6.11. The third-order valence-corrected chi connectivity index (χ3v) is 3.65. The van der Waals surface area contributed by atoms with Crippen molar-refractivity contribution < 1.29 is 8.42 Å². The minimum Gasteiger partial charge on any atom is -0.397 e. The predicted octanol–water partition coefficient (Wildman–Crippen LogP) is 1.07. The van der Waals surface area contributed by atoms with E-state index >= 15 is 0 Å². The molecule has 0 spiro atoms. The maximum Gasteiger partial charge on any atom is 0.175 e. The van der Waals surface area contributed by atoms with Crippen LogP contribution in [0.15, 0.2) is 41.4 Å². The van der Waals surface area contributed by atoms with E-state index in [1.54, 1.807) is 18.3 Å². The summed E-state index contributed by atoms with van der Waals surface area (Å²) in [6.07, 6.45) is 2.74. The van der Waals surface area contributed by atoms with E-state index in [1.165, 1.54) is 12.1 Å². The summed E-state index contributed by atoms with van der Waals surface area (Å²) in [7, 11) is -3.24. The van der Waals surface area contributed by atoms with E-state index in [1.807, 2.05) is 6.07 Å². The minimum absolute atomic E-state index is 0.204. The second-order valence-electron chi connectivity index (χ2n) is 4.09. The topological polar surface area (TPSA) is 98.0 Å². The van der Waals surface area contributed by atoms with E-state index in [0.29, 0.717) is 17.9 Å². The van der Waals surface area contributed by atoms with E-state index < -0.39 is 9.84 Å². The third kappa shape index (κ3) is 3.41. The largest absolute Gasteiger partial charge is 0.397 e. The molecule has 0 unspecified atom stereocenters. The number of nitrogens with two attached hydrogens (primary N) is 1. The molecular weight excluding hydrogens is 264 g/mol. The standard InChI is InChI=1S/C12H14N4O2S/c1-19(17,18)10-4-5-12(11(13)7-10)14-8-9-3-2-6-15-16-9/h2-7,14H,8,13H2,1H3. The average molecular weight is 278 g/mol. The number of benzene rings is 1. The van der Waals surface area contributed by atoms with Crippen molar-refractivity contribution in [2.24, 2.45) is 0 Å². The Morgan fingerprint density at radius 2 is 2.11 bits per heavy atom. The molecule has 0 amide bonds. The van der Waals surface area contributed by atoms with Gasteiger partial charge in [0.15, 0.2) is 9.84 Å². The molecule has 0 aliphatic rings. The van der Waals surface area contributed by atoms with Crippen LogP contribution in [0.2, 0.25) is 0 Å². The lowest BCUT2D eigenvalue weighted by molar-refractivity contribution is 0.602. The van der Waals surface area contributed by atoms with Gasteiger partial charge in [-0.25, -0.2) is 8.42 Å². The van der Waals surface area contributed by atoms with Crippen LogP contribution < -0.4 is 11.1 Å². The fourth-order valence-electron chi connectivity index (χ4n) is 1.55. The van der Waals surface area contributed by atoms with Gasteiger partial charge in [0.05, 0.1) is 28.5 Å². The minimum atomic E-state index is -3.24. The first kappa shape index (κ1) is 13.3. The maximum absolute atomic E-state index is 11.4. The van der Waals surface area contributed by atoms with Crippen molar-refractivity contribution in [3.05, 3.63) is 42.2 Å².